The molecule has 11 heteroatoms. The Kier molecular flexibility index (Phi) is 6.19. The van der Waals surface area contributed by atoms with Crippen LogP contribution in [-0.4, -0.2) is 69.2 Å². The third-order valence-corrected chi connectivity index (χ3v) is 6.45. The summed E-state index contributed by atoms with van der Waals surface area (Å²) in [5.41, 5.74) is -0.309. The fourth-order valence-electron chi connectivity index (χ4n) is 3.82. The van der Waals surface area contributed by atoms with Gasteiger partial charge in [0.05, 0.1) is 10.3 Å². The van der Waals surface area contributed by atoms with Crippen LogP contribution in [0.15, 0.2) is 39.7 Å². The van der Waals surface area contributed by atoms with E-state index in [-0.39, 0.29) is 16.9 Å². The first-order chi connectivity index (χ1) is 15.4. The van der Waals surface area contributed by atoms with Crippen molar-refractivity contribution in [3.63, 3.8) is 0 Å². The molecular formula is C21H22FN5O4S. The van der Waals surface area contributed by atoms with E-state index >= 15 is 0 Å². The third kappa shape index (κ3) is 4.08. The van der Waals surface area contributed by atoms with Crippen molar-refractivity contribution in [2.24, 2.45) is 5.16 Å². The molecule has 3 aromatic rings. The van der Waals surface area contributed by atoms with E-state index in [1.165, 1.54) is 17.5 Å². The molecule has 0 aliphatic carbocycles. The van der Waals surface area contributed by atoms with Gasteiger partial charge in [0.25, 0.3) is 0 Å². The first-order valence-corrected chi connectivity index (χ1v) is 11.0. The lowest BCUT2D eigenvalue weighted by Crippen LogP contribution is -2.48. The van der Waals surface area contributed by atoms with Gasteiger partial charge in [0, 0.05) is 45.5 Å². The van der Waals surface area contributed by atoms with Crippen LogP contribution >= 0.6 is 11.3 Å². The maximum atomic E-state index is 14.9. The van der Waals surface area contributed by atoms with Crippen molar-refractivity contribution in [1.29, 1.82) is 0 Å². The SMILES string of the molecule is CCn1cc(C(=O)O)c(=O)c2cc(F)c(N3CCN(C/C(=N/O)c4cccs4)CC3)nc21. The van der Waals surface area contributed by atoms with E-state index in [1.54, 1.807) is 11.5 Å². The van der Waals surface area contributed by atoms with Crippen LogP contribution in [0.1, 0.15) is 22.2 Å². The van der Waals surface area contributed by atoms with Crippen LogP contribution in [-0.2, 0) is 6.54 Å². The maximum absolute atomic E-state index is 14.9. The molecule has 4 heterocycles. The second-order valence-corrected chi connectivity index (χ2v) is 8.36. The van der Waals surface area contributed by atoms with E-state index in [0.717, 1.165) is 10.9 Å². The van der Waals surface area contributed by atoms with E-state index in [2.05, 4.69) is 15.0 Å². The Labute approximate surface area is 186 Å². The monoisotopic (exact) mass is 459 g/mol. The summed E-state index contributed by atoms with van der Waals surface area (Å²) < 4.78 is 16.5. The lowest BCUT2D eigenvalue weighted by Gasteiger charge is -2.35. The fraction of sp³-hybridized carbons (Fsp3) is 0.333. The fourth-order valence-corrected chi connectivity index (χ4v) is 4.53. The van der Waals surface area contributed by atoms with Gasteiger partial charge in [-0.25, -0.2) is 14.2 Å². The molecule has 0 aromatic carbocycles. The number of nitrogens with zero attached hydrogens (tertiary/aromatic N) is 5. The zero-order valence-electron chi connectivity index (χ0n) is 17.4. The zero-order chi connectivity index (χ0) is 22.8. The summed E-state index contributed by atoms with van der Waals surface area (Å²) in [6.45, 7) is 4.89. The van der Waals surface area contributed by atoms with Crippen molar-refractivity contribution in [2.75, 3.05) is 37.6 Å². The number of thiophene rings is 1. The van der Waals surface area contributed by atoms with E-state index in [9.17, 15) is 24.3 Å². The number of piperazine rings is 1. The lowest BCUT2D eigenvalue weighted by molar-refractivity contribution is 0.0695. The molecule has 0 saturated carbocycles. The number of fused-ring (bicyclic) bond motifs is 1. The summed E-state index contributed by atoms with van der Waals surface area (Å²) in [6.07, 6.45) is 1.25. The van der Waals surface area contributed by atoms with Gasteiger partial charge in [-0.15, -0.1) is 11.3 Å². The quantitative estimate of drug-likeness (QED) is 0.331. The van der Waals surface area contributed by atoms with Gasteiger partial charge in [0.15, 0.2) is 11.6 Å². The smallest absolute Gasteiger partial charge is 0.341 e. The van der Waals surface area contributed by atoms with Crippen molar-refractivity contribution in [3.8, 4) is 0 Å². The summed E-state index contributed by atoms with van der Waals surface area (Å²) in [5, 5.41) is 23.9. The zero-order valence-corrected chi connectivity index (χ0v) is 18.2. The molecule has 0 atom stereocenters. The van der Waals surface area contributed by atoms with E-state index < -0.39 is 22.8 Å². The molecule has 1 saturated heterocycles. The van der Waals surface area contributed by atoms with Gasteiger partial charge in [0.2, 0.25) is 5.43 Å². The number of oxime groups is 1. The van der Waals surface area contributed by atoms with E-state index in [4.69, 9.17) is 0 Å². The van der Waals surface area contributed by atoms with Gasteiger partial charge >= 0.3 is 5.97 Å². The number of halogens is 1. The number of hydrogen-bond donors (Lipinski definition) is 2. The first-order valence-electron chi connectivity index (χ1n) is 10.1. The molecule has 3 aromatic heterocycles. The van der Waals surface area contributed by atoms with Gasteiger partial charge in [-0.1, -0.05) is 11.2 Å². The van der Waals surface area contributed by atoms with Crippen LogP contribution in [0.3, 0.4) is 0 Å². The Hall–Kier alpha value is -3.31. The third-order valence-electron chi connectivity index (χ3n) is 5.53. The summed E-state index contributed by atoms with van der Waals surface area (Å²) >= 11 is 1.50. The molecular weight excluding hydrogens is 437 g/mol. The van der Waals surface area contributed by atoms with Crippen molar-refractivity contribution in [2.45, 2.75) is 13.5 Å². The minimum atomic E-state index is -1.35. The molecule has 1 fully saturated rings. The predicted octanol–water partition coefficient (Wildman–Crippen LogP) is 2.32. The van der Waals surface area contributed by atoms with E-state index in [0.29, 0.717) is 45.0 Å². The summed E-state index contributed by atoms with van der Waals surface area (Å²) in [5.74, 6) is -1.88. The number of rotatable bonds is 6. The van der Waals surface area contributed by atoms with Crippen molar-refractivity contribution in [1.82, 2.24) is 14.5 Å². The minimum absolute atomic E-state index is 0.0496. The molecule has 0 unspecified atom stereocenters. The van der Waals surface area contributed by atoms with Gasteiger partial charge in [-0.3, -0.25) is 9.69 Å². The lowest BCUT2D eigenvalue weighted by atomic mass is 10.1. The molecule has 0 spiro atoms. The Balaban J connectivity index is 1.57. The number of aromatic carboxylic acids is 1. The largest absolute Gasteiger partial charge is 0.477 e. The summed E-state index contributed by atoms with van der Waals surface area (Å²) in [4.78, 5) is 33.1. The molecule has 168 valence electrons. The maximum Gasteiger partial charge on any atom is 0.341 e. The van der Waals surface area contributed by atoms with Crippen LogP contribution in [0.2, 0.25) is 0 Å². The summed E-state index contributed by atoms with van der Waals surface area (Å²) in [6, 6.07) is 4.87. The van der Waals surface area contributed by atoms with Crippen LogP contribution in [0.25, 0.3) is 11.0 Å². The Morgan fingerprint density at radius 3 is 2.66 bits per heavy atom. The number of hydrogen-bond acceptors (Lipinski definition) is 8. The number of carboxylic acid groups (broad SMARTS) is 1. The van der Waals surface area contributed by atoms with Gasteiger partial charge in [0.1, 0.15) is 16.9 Å². The molecule has 0 bridgehead atoms. The van der Waals surface area contributed by atoms with Gasteiger partial charge in [-0.05, 0) is 24.4 Å². The van der Waals surface area contributed by atoms with Crippen LogP contribution in [0.4, 0.5) is 10.2 Å². The van der Waals surface area contributed by atoms with Gasteiger partial charge in [-0.2, -0.15) is 0 Å². The topological polar surface area (TPSA) is 111 Å². The molecule has 4 rings (SSSR count). The van der Waals surface area contributed by atoms with Gasteiger partial charge < -0.3 is 19.8 Å². The van der Waals surface area contributed by atoms with E-state index in [1.807, 2.05) is 22.4 Å². The van der Waals surface area contributed by atoms with Crippen LogP contribution < -0.4 is 10.3 Å². The highest BCUT2D eigenvalue weighted by Gasteiger charge is 2.24. The average molecular weight is 460 g/mol. The van der Waals surface area contributed by atoms with Crippen molar-refractivity contribution >= 4 is 39.9 Å². The predicted molar refractivity (Wildman–Crippen MR) is 120 cm³/mol. The second kappa shape index (κ2) is 9.05. The number of aromatic nitrogens is 2. The minimum Gasteiger partial charge on any atom is -0.477 e. The molecule has 0 radical (unpaired) electrons. The molecule has 1 aliphatic rings. The highest BCUT2D eigenvalue weighted by Crippen LogP contribution is 2.23. The summed E-state index contributed by atoms with van der Waals surface area (Å²) in [7, 11) is 0. The number of carboxylic acids is 1. The number of pyridine rings is 2. The molecule has 2 N–H and O–H groups in total. The normalized spacial score (nSPS) is 15.4. The molecule has 9 nitrogen and oxygen atoms in total. The average Bonchev–Trinajstić information content (AvgIpc) is 3.33. The van der Waals surface area contributed by atoms with Crippen LogP contribution in [0.5, 0.6) is 0 Å². The molecule has 0 amide bonds. The Bertz CT molecular complexity index is 1230. The number of carbonyl (C=O) groups is 1. The number of anilines is 1. The Morgan fingerprint density at radius 1 is 1.31 bits per heavy atom. The highest BCUT2D eigenvalue weighted by molar-refractivity contribution is 7.12. The van der Waals surface area contributed by atoms with Crippen LogP contribution in [0, 0.1) is 5.82 Å². The standard InChI is InChI=1S/C21H22FN5O4S/c1-2-26-11-14(21(29)30)18(28)13-10-15(22)20(23-19(13)26)27-7-5-25(6-8-27)12-16(24-31)17-4-3-9-32-17/h3-4,9-11,31H,2,5-8,12H2,1H3,(H,29,30)/b24-16-. The highest BCUT2D eigenvalue weighted by atomic mass is 32.1. The first kappa shape index (κ1) is 21.9. The van der Waals surface area contributed by atoms with Crippen molar-refractivity contribution < 1.29 is 19.5 Å². The Morgan fingerprint density at radius 2 is 2.06 bits per heavy atom. The molecule has 1 aliphatic heterocycles. The second-order valence-electron chi connectivity index (χ2n) is 7.42. The van der Waals surface area contributed by atoms with Crippen molar-refractivity contribution in [3.05, 3.63) is 56.3 Å². The molecule has 32 heavy (non-hydrogen) atoms. The number of aryl methyl sites for hydroxylation is 1.